The Morgan fingerprint density at radius 2 is 1.90 bits per heavy atom. The molecule has 0 bridgehead atoms. The minimum atomic E-state index is -1.38. The molecule has 8 nitrogen and oxygen atoms in total. The van der Waals surface area contributed by atoms with Crippen LogP contribution in [0.5, 0.6) is 0 Å². The molecule has 5 N–H and O–H groups in total. The number of anilines is 1. The van der Waals surface area contributed by atoms with Gasteiger partial charge in [-0.25, -0.2) is 4.39 Å². The lowest BCUT2D eigenvalue weighted by Crippen LogP contribution is -2.58. The highest BCUT2D eigenvalue weighted by Gasteiger charge is 2.61. The second-order valence-corrected chi connectivity index (χ2v) is 13.7. The summed E-state index contributed by atoms with van der Waals surface area (Å²) in [6, 6.07) is 7.97. The van der Waals surface area contributed by atoms with Crippen molar-refractivity contribution in [2.24, 2.45) is 11.1 Å². The second kappa shape index (κ2) is 12.1. The Balaban J connectivity index is 1.83. The van der Waals surface area contributed by atoms with Crippen LogP contribution in [0.2, 0.25) is 10.0 Å². The predicted octanol–water partition coefficient (Wildman–Crippen LogP) is 4.71. The predicted molar refractivity (Wildman–Crippen MR) is 162 cm³/mol. The number of hydrogen-bond donors (Lipinski definition) is 4. The topological polar surface area (TPSA) is 123 Å². The molecule has 1 saturated heterocycles. The Labute approximate surface area is 256 Å². The fourth-order valence-electron chi connectivity index (χ4n) is 6.66. The van der Waals surface area contributed by atoms with Crippen LogP contribution in [0.15, 0.2) is 36.4 Å². The number of nitrogens with one attached hydrogen (secondary N) is 3. The van der Waals surface area contributed by atoms with Crippen LogP contribution < -0.4 is 21.7 Å². The molecule has 4 atom stereocenters. The Morgan fingerprint density at radius 1 is 1.21 bits per heavy atom. The van der Waals surface area contributed by atoms with E-state index in [1.165, 1.54) is 6.07 Å². The van der Waals surface area contributed by atoms with Gasteiger partial charge in [-0.15, -0.1) is 0 Å². The molecule has 2 aromatic rings. The summed E-state index contributed by atoms with van der Waals surface area (Å²) >= 11 is 12.6. The number of carbonyl (C=O) groups excluding carboxylic acids is 3. The molecule has 1 aliphatic heterocycles. The summed E-state index contributed by atoms with van der Waals surface area (Å²) in [5, 5.41) is 9.98. The molecule has 0 radical (unpaired) electrons. The third-order valence-corrected chi connectivity index (χ3v) is 8.89. The summed E-state index contributed by atoms with van der Waals surface area (Å²) in [7, 11) is 1.72. The number of benzene rings is 2. The number of carbonyl (C=O) groups is 3. The highest BCUT2D eigenvalue weighted by molar-refractivity contribution is 6.31. The molecule has 4 rings (SSSR count). The molecule has 2 fully saturated rings. The molecule has 1 saturated carbocycles. The molecule has 4 unspecified atom stereocenters. The van der Waals surface area contributed by atoms with Crippen molar-refractivity contribution in [2.75, 3.05) is 18.9 Å². The van der Waals surface area contributed by atoms with Gasteiger partial charge in [-0.3, -0.25) is 9.59 Å². The molecule has 1 heterocycles. The van der Waals surface area contributed by atoms with Gasteiger partial charge in [0.05, 0.1) is 23.0 Å². The van der Waals surface area contributed by atoms with Crippen molar-refractivity contribution in [3.8, 4) is 0 Å². The highest BCUT2D eigenvalue weighted by atomic mass is 35.5. The van der Waals surface area contributed by atoms with Crippen molar-refractivity contribution in [2.45, 2.75) is 82.0 Å². The van der Waals surface area contributed by atoms with E-state index in [0.717, 1.165) is 6.29 Å². The van der Waals surface area contributed by atoms with Gasteiger partial charge in [-0.2, -0.15) is 0 Å². The number of ether oxygens (including phenoxy) is 1. The van der Waals surface area contributed by atoms with Crippen molar-refractivity contribution < 1.29 is 23.5 Å². The van der Waals surface area contributed by atoms with Crippen molar-refractivity contribution >= 4 is 47.1 Å². The molecule has 0 aromatic heterocycles. The first kappa shape index (κ1) is 32.2. The maximum atomic E-state index is 15.9. The van der Waals surface area contributed by atoms with Gasteiger partial charge in [0.15, 0.2) is 0 Å². The summed E-state index contributed by atoms with van der Waals surface area (Å²) in [5.74, 6) is -2.55. The lowest BCUT2D eigenvalue weighted by Gasteiger charge is -2.45. The van der Waals surface area contributed by atoms with E-state index in [1.54, 1.807) is 44.3 Å². The molecular formula is C31H39Cl2FN4O4. The van der Waals surface area contributed by atoms with Gasteiger partial charge in [0.2, 0.25) is 5.91 Å². The number of nitrogens with two attached hydrogens (primary N) is 1. The quantitative estimate of drug-likeness (QED) is 0.236. The fourth-order valence-corrected chi connectivity index (χ4v) is 7.01. The standard InChI is InChI=1S/C31H39Cl2FN4O4/c1-29(2,3)14-23-31(16-39,20-10-9-17(32)11-22(20)36-5)25(19-7-6-8-21(33)26(19)34)27(38-23)28(41)37-18-12-30(4,13-18)42-24(40)15-35/h6-11,16,18,23,25,27,36,38H,12-15,35H2,1-5H3,(H,37,41). The van der Waals surface area contributed by atoms with Crippen molar-refractivity contribution in [1.29, 1.82) is 0 Å². The molecule has 1 aliphatic carbocycles. The van der Waals surface area contributed by atoms with Crippen LogP contribution in [0.4, 0.5) is 10.1 Å². The maximum Gasteiger partial charge on any atom is 0.320 e. The van der Waals surface area contributed by atoms with E-state index in [1.807, 2.05) is 20.8 Å². The normalized spacial score (nSPS) is 29.0. The molecule has 2 aromatic carbocycles. The van der Waals surface area contributed by atoms with Gasteiger partial charge in [0.25, 0.3) is 0 Å². The summed E-state index contributed by atoms with van der Waals surface area (Å²) in [5.41, 5.74) is 4.36. The summed E-state index contributed by atoms with van der Waals surface area (Å²) < 4.78 is 21.3. The van der Waals surface area contributed by atoms with Gasteiger partial charge in [-0.05, 0) is 48.1 Å². The van der Waals surface area contributed by atoms with Crippen molar-refractivity contribution in [1.82, 2.24) is 10.6 Å². The van der Waals surface area contributed by atoms with E-state index in [2.05, 4.69) is 16.0 Å². The van der Waals surface area contributed by atoms with Crippen LogP contribution in [0.25, 0.3) is 0 Å². The SMILES string of the molecule is CNc1cc(Cl)ccc1C1(C=O)C(CC(C)(C)C)NC(C(=O)NC2CC(C)(OC(=O)CN)C2)C1c1cccc(Cl)c1F. The van der Waals surface area contributed by atoms with E-state index in [4.69, 9.17) is 33.7 Å². The molecule has 228 valence electrons. The van der Waals surface area contributed by atoms with Crippen LogP contribution in [-0.4, -0.2) is 55.5 Å². The number of amides is 1. The molecule has 2 aliphatic rings. The molecule has 1 amide bonds. The Bertz CT molecular complexity index is 1360. The number of hydrogen-bond acceptors (Lipinski definition) is 7. The van der Waals surface area contributed by atoms with E-state index in [-0.39, 0.29) is 34.5 Å². The van der Waals surface area contributed by atoms with Gasteiger partial charge < -0.3 is 31.2 Å². The zero-order valence-electron chi connectivity index (χ0n) is 24.5. The van der Waals surface area contributed by atoms with Crippen LogP contribution in [0.1, 0.15) is 64.0 Å². The zero-order chi connectivity index (χ0) is 31.0. The Hall–Kier alpha value is -2.72. The van der Waals surface area contributed by atoms with Crippen LogP contribution in [0, 0.1) is 11.2 Å². The highest BCUT2D eigenvalue weighted by Crippen LogP contribution is 2.53. The number of esters is 1. The first-order chi connectivity index (χ1) is 19.7. The largest absolute Gasteiger partial charge is 0.458 e. The maximum absolute atomic E-state index is 15.9. The number of aldehydes is 1. The fraction of sp³-hybridized carbons (Fsp3) is 0.516. The van der Waals surface area contributed by atoms with Crippen molar-refractivity contribution in [3.63, 3.8) is 0 Å². The average Bonchev–Trinajstić information content (AvgIpc) is 3.22. The van der Waals surface area contributed by atoms with E-state index >= 15 is 4.39 Å². The van der Waals surface area contributed by atoms with Crippen LogP contribution in [0.3, 0.4) is 0 Å². The number of halogens is 3. The molecule has 0 spiro atoms. The van der Waals surface area contributed by atoms with Gasteiger partial charge >= 0.3 is 5.97 Å². The third kappa shape index (κ3) is 6.16. The second-order valence-electron chi connectivity index (χ2n) is 12.8. The Kier molecular flexibility index (Phi) is 9.28. The minimum Gasteiger partial charge on any atom is -0.458 e. The third-order valence-electron chi connectivity index (χ3n) is 8.36. The smallest absolute Gasteiger partial charge is 0.320 e. The van der Waals surface area contributed by atoms with Gasteiger partial charge in [0.1, 0.15) is 17.7 Å². The average molecular weight is 622 g/mol. The van der Waals surface area contributed by atoms with Crippen molar-refractivity contribution in [3.05, 3.63) is 63.4 Å². The number of rotatable bonds is 9. The first-order valence-corrected chi connectivity index (χ1v) is 14.8. The van der Waals surface area contributed by atoms with E-state index < -0.39 is 40.8 Å². The van der Waals surface area contributed by atoms with Gasteiger partial charge in [0, 0.05) is 48.6 Å². The minimum absolute atomic E-state index is 0.104. The Morgan fingerprint density at radius 3 is 2.50 bits per heavy atom. The van der Waals surface area contributed by atoms with Crippen LogP contribution >= 0.6 is 23.2 Å². The molecule has 42 heavy (non-hydrogen) atoms. The molecule has 11 heteroatoms. The first-order valence-electron chi connectivity index (χ1n) is 14.0. The zero-order valence-corrected chi connectivity index (χ0v) is 26.0. The summed E-state index contributed by atoms with van der Waals surface area (Å²) in [4.78, 5) is 39.4. The lowest BCUT2D eigenvalue weighted by molar-refractivity contribution is -0.167. The molecular weight excluding hydrogens is 582 g/mol. The summed E-state index contributed by atoms with van der Waals surface area (Å²) in [6.07, 6.45) is 2.14. The van der Waals surface area contributed by atoms with E-state index in [0.29, 0.717) is 35.5 Å². The van der Waals surface area contributed by atoms with E-state index in [9.17, 15) is 14.4 Å². The van der Waals surface area contributed by atoms with Gasteiger partial charge in [-0.1, -0.05) is 62.2 Å². The summed E-state index contributed by atoms with van der Waals surface area (Å²) in [6.45, 7) is 7.70. The lowest BCUT2D eigenvalue weighted by atomic mass is 9.62. The monoisotopic (exact) mass is 620 g/mol. The van der Waals surface area contributed by atoms with Crippen LogP contribution in [-0.2, 0) is 24.5 Å².